The number of rotatable bonds is 4. The van der Waals surface area contributed by atoms with Gasteiger partial charge in [-0.25, -0.2) is 4.68 Å². The van der Waals surface area contributed by atoms with Crippen LogP contribution in [0.25, 0.3) is 5.69 Å². The van der Waals surface area contributed by atoms with Crippen LogP contribution in [0.5, 0.6) is 0 Å². The molecule has 7 heteroatoms. The van der Waals surface area contributed by atoms with Crippen LogP contribution in [-0.4, -0.2) is 26.9 Å². The number of benzene rings is 1. The predicted molar refractivity (Wildman–Crippen MR) is 78.8 cm³/mol. The first-order valence-corrected chi connectivity index (χ1v) is 6.11. The Morgan fingerprint density at radius 2 is 1.95 bits per heavy atom. The molecule has 0 fully saturated rings. The summed E-state index contributed by atoms with van der Waals surface area (Å²) in [5.41, 5.74) is 7.12. The van der Waals surface area contributed by atoms with E-state index in [1.165, 1.54) is 0 Å². The summed E-state index contributed by atoms with van der Waals surface area (Å²) in [7, 11) is 0. The Bertz CT molecular complexity index is 555. The third-order valence-corrected chi connectivity index (χ3v) is 2.75. The molecule has 0 spiro atoms. The predicted octanol–water partition coefficient (Wildman–Crippen LogP) is 1.21. The van der Waals surface area contributed by atoms with Gasteiger partial charge in [0.25, 0.3) is 0 Å². The van der Waals surface area contributed by atoms with Crippen molar-refractivity contribution in [1.82, 2.24) is 20.3 Å². The molecule has 0 aliphatic carbocycles. The first-order chi connectivity index (χ1) is 9.08. The summed E-state index contributed by atoms with van der Waals surface area (Å²) < 4.78 is 1.67. The van der Waals surface area contributed by atoms with E-state index in [1.54, 1.807) is 17.8 Å². The van der Waals surface area contributed by atoms with Gasteiger partial charge in [0.1, 0.15) is 5.69 Å². The van der Waals surface area contributed by atoms with Crippen molar-refractivity contribution >= 4 is 18.3 Å². The number of nitrogens with two attached hydrogens (primary N) is 1. The lowest BCUT2D eigenvalue weighted by Crippen LogP contribution is -2.39. The van der Waals surface area contributed by atoms with E-state index in [1.807, 2.05) is 37.3 Å². The van der Waals surface area contributed by atoms with Gasteiger partial charge in [0.2, 0.25) is 5.91 Å². The van der Waals surface area contributed by atoms with Crippen LogP contribution in [0.2, 0.25) is 0 Å². The van der Waals surface area contributed by atoms with Crippen molar-refractivity contribution in [1.29, 1.82) is 0 Å². The maximum Gasteiger partial charge on any atom is 0.237 e. The van der Waals surface area contributed by atoms with Crippen LogP contribution >= 0.6 is 12.4 Å². The van der Waals surface area contributed by atoms with Gasteiger partial charge in [0, 0.05) is 0 Å². The van der Waals surface area contributed by atoms with Crippen molar-refractivity contribution < 1.29 is 4.79 Å². The molecular weight excluding hydrogens is 278 g/mol. The van der Waals surface area contributed by atoms with E-state index in [0.717, 1.165) is 5.69 Å². The fourth-order valence-electron chi connectivity index (χ4n) is 1.60. The van der Waals surface area contributed by atoms with E-state index in [-0.39, 0.29) is 24.4 Å². The highest BCUT2D eigenvalue weighted by Gasteiger charge is 2.15. The molecule has 0 bridgehead atoms. The van der Waals surface area contributed by atoms with E-state index in [9.17, 15) is 4.79 Å². The molecule has 1 unspecified atom stereocenters. The largest absolute Gasteiger partial charge is 0.347 e. The van der Waals surface area contributed by atoms with Crippen molar-refractivity contribution in [3.63, 3.8) is 0 Å². The van der Waals surface area contributed by atoms with Gasteiger partial charge in [-0.1, -0.05) is 23.4 Å². The summed E-state index contributed by atoms with van der Waals surface area (Å²) in [6.07, 6.45) is 1.79. The van der Waals surface area contributed by atoms with Gasteiger partial charge in [0.15, 0.2) is 0 Å². The fourth-order valence-corrected chi connectivity index (χ4v) is 1.60. The fraction of sp³-hybridized carbons (Fsp3) is 0.308. The monoisotopic (exact) mass is 295 g/mol. The highest BCUT2D eigenvalue weighted by Crippen LogP contribution is 2.11. The summed E-state index contributed by atoms with van der Waals surface area (Å²) in [6.45, 7) is 3.49. The Morgan fingerprint density at radius 1 is 1.30 bits per heavy atom. The molecule has 20 heavy (non-hydrogen) atoms. The molecule has 6 nitrogen and oxygen atoms in total. The van der Waals surface area contributed by atoms with Crippen LogP contribution in [-0.2, 0) is 4.79 Å². The molecule has 1 aromatic heterocycles. The molecule has 0 radical (unpaired) electrons. The van der Waals surface area contributed by atoms with Crippen LogP contribution in [0, 0.1) is 0 Å². The molecular formula is C13H18ClN5O. The van der Waals surface area contributed by atoms with Gasteiger partial charge in [-0.2, -0.15) is 0 Å². The zero-order valence-electron chi connectivity index (χ0n) is 11.4. The Morgan fingerprint density at radius 3 is 2.55 bits per heavy atom. The van der Waals surface area contributed by atoms with Gasteiger partial charge in [-0.15, -0.1) is 17.5 Å². The van der Waals surface area contributed by atoms with Gasteiger partial charge in [-0.05, 0) is 26.0 Å². The lowest BCUT2D eigenvalue weighted by molar-refractivity contribution is -0.122. The quantitative estimate of drug-likeness (QED) is 0.888. The number of hydrogen-bond donors (Lipinski definition) is 2. The second kappa shape index (κ2) is 7.02. The average Bonchev–Trinajstić information content (AvgIpc) is 2.89. The van der Waals surface area contributed by atoms with Crippen LogP contribution in [0.3, 0.4) is 0 Å². The second-order valence-corrected chi connectivity index (χ2v) is 4.44. The standard InChI is InChI=1S/C13H17N5O.ClH/c1-9(14)13(19)15-10(2)12-8-18(17-16-12)11-6-4-3-5-7-11;/h3-10H,14H2,1-2H3,(H,15,19);1H/t9-,10?;/m1./s1. The number of nitrogens with zero attached hydrogens (tertiary/aromatic N) is 3. The Labute approximate surface area is 123 Å². The highest BCUT2D eigenvalue weighted by molar-refractivity contribution is 5.85. The number of carbonyl (C=O) groups excluding carboxylic acids is 1. The van der Waals surface area contributed by atoms with Crippen LogP contribution in [0.15, 0.2) is 36.5 Å². The van der Waals surface area contributed by atoms with Crippen LogP contribution in [0.1, 0.15) is 25.6 Å². The molecule has 2 aromatic rings. The molecule has 1 heterocycles. The molecule has 1 amide bonds. The zero-order valence-corrected chi connectivity index (χ0v) is 12.2. The number of amides is 1. The Balaban J connectivity index is 0.00000200. The zero-order chi connectivity index (χ0) is 13.8. The highest BCUT2D eigenvalue weighted by atomic mass is 35.5. The number of para-hydroxylation sites is 1. The van der Waals surface area contributed by atoms with Crippen LogP contribution in [0.4, 0.5) is 0 Å². The first kappa shape index (κ1) is 16.1. The Hall–Kier alpha value is -1.92. The molecule has 1 aromatic carbocycles. The smallest absolute Gasteiger partial charge is 0.237 e. The van der Waals surface area contributed by atoms with Gasteiger partial charge >= 0.3 is 0 Å². The van der Waals surface area contributed by atoms with Crippen molar-refractivity contribution in [2.45, 2.75) is 25.9 Å². The van der Waals surface area contributed by atoms with E-state index in [4.69, 9.17) is 5.73 Å². The summed E-state index contributed by atoms with van der Waals surface area (Å²) >= 11 is 0. The lowest BCUT2D eigenvalue weighted by atomic mass is 10.2. The minimum Gasteiger partial charge on any atom is -0.347 e. The van der Waals surface area contributed by atoms with Gasteiger partial charge < -0.3 is 11.1 Å². The minimum atomic E-state index is -0.536. The van der Waals surface area contributed by atoms with Gasteiger partial charge in [0.05, 0.1) is 24.0 Å². The van der Waals surface area contributed by atoms with Crippen molar-refractivity contribution in [3.8, 4) is 5.69 Å². The Kier molecular flexibility index (Phi) is 5.66. The molecule has 2 rings (SSSR count). The number of nitrogens with one attached hydrogen (secondary N) is 1. The summed E-state index contributed by atoms with van der Waals surface area (Å²) in [6, 6.07) is 8.90. The number of halogens is 1. The molecule has 0 aliphatic rings. The molecule has 3 N–H and O–H groups in total. The number of hydrogen-bond acceptors (Lipinski definition) is 4. The maximum absolute atomic E-state index is 11.5. The van der Waals surface area contributed by atoms with Crippen molar-refractivity contribution in [2.75, 3.05) is 0 Å². The molecule has 0 saturated heterocycles. The topological polar surface area (TPSA) is 85.8 Å². The van der Waals surface area contributed by atoms with E-state index >= 15 is 0 Å². The maximum atomic E-state index is 11.5. The van der Waals surface area contributed by atoms with E-state index in [0.29, 0.717) is 5.69 Å². The van der Waals surface area contributed by atoms with Crippen molar-refractivity contribution in [2.24, 2.45) is 5.73 Å². The summed E-state index contributed by atoms with van der Waals surface area (Å²) in [5, 5.41) is 10.9. The van der Waals surface area contributed by atoms with E-state index in [2.05, 4.69) is 15.6 Å². The SMILES string of the molecule is CC(NC(=O)[C@@H](C)N)c1cn(-c2ccccc2)nn1.Cl. The third kappa shape index (κ3) is 3.79. The first-order valence-electron chi connectivity index (χ1n) is 6.11. The summed E-state index contributed by atoms with van der Waals surface area (Å²) in [4.78, 5) is 11.5. The summed E-state index contributed by atoms with van der Waals surface area (Å²) in [5.74, 6) is -0.207. The number of aromatic nitrogens is 3. The van der Waals surface area contributed by atoms with Crippen molar-refractivity contribution in [3.05, 3.63) is 42.2 Å². The third-order valence-electron chi connectivity index (χ3n) is 2.75. The molecule has 0 saturated carbocycles. The normalized spacial score (nSPS) is 13.2. The minimum absolute atomic E-state index is 0. The average molecular weight is 296 g/mol. The lowest BCUT2D eigenvalue weighted by Gasteiger charge is -2.12. The molecule has 108 valence electrons. The van der Waals surface area contributed by atoms with Crippen LogP contribution < -0.4 is 11.1 Å². The second-order valence-electron chi connectivity index (χ2n) is 4.44. The number of carbonyl (C=O) groups is 1. The molecule has 2 atom stereocenters. The van der Waals surface area contributed by atoms with Gasteiger partial charge in [-0.3, -0.25) is 4.79 Å². The van der Waals surface area contributed by atoms with E-state index < -0.39 is 6.04 Å². The molecule has 0 aliphatic heterocycles.